The Morgan fingerprint density at radius 1 is 1.08 bits per heavy atom. The highest BCUT2D eigenvalue weighted by molar-refractivity contribution is 5.82. The minimum Gasteiger partial charge on any atom is -0.497 e. The number of fused-ring (bicyclic) bond motifs is 2. The monoisotopic (exact) mass is 486 g/mol. The van der Waals surface area contributed by atoms with Gasteiger partial charge in [0, 0.05) is 47.1 Å². The number of hydrogen-bond acceptors (Lipinski definition) is 7. The summed E-state index contributed by atoms with van der Waals surface area (Å²) >= 11 is 0. The molecule has 0 bridgehead atoms. The van der Waals surface area contributed by atoms with E-state index in [0.29, 0.717) is 18.0 Å². The maximum absolute atomic E-state index is 10.1. The molecule has 9 nitrogen and oxygen atoms in total. The van der Waals surface area contributed by atoms with Crippen molar-refractivity contribution in [3.05, 3.63) is 60.6 Å². The van der Waals surface area contributed by atoms with Crippen LogP contribution in [0.5, 0.6) is 11.5 Å². The second-order valence-electron chi connectivity index (χ2n) is 9.08. The number of nitrogens with one attached hydrogen (secondary N) is 2. The molecule has 5 aromatic rings. The Bertz CT molecular complexity index is 1510. The van der Waals surface area contributed by atoms with Gasteiger partial charge in [-0.2, -0.15) is 5.10 Å². The van der Waals surface area contributed by atoms with E-state index in [1.807, 2.05) is 47.4 Å². The second kappa shape index (κ2) is 9.96. The number of nitrogens with zero attached hydrogens (tertiary/aromatic N) is 4. The van der Waals surface area contributed by atoms with Crippen LogP contribution in [0.3, 0.4) is 0 Å². The summed E-state index contributed by atoms with van der Waals surface area (Å²) in [5.74, 6) is 1.49. The maximum Gasteiger partial charge on any atom is 0.159 e. The molecule has 1 atom stereocenters. The van der Waals surface area contributed by atoms with Gasteiger partial charge in [0.05, 0.1) is 24.7 Å². The van der Waals surface area contributed by atoms with E-state index < -0.39 is 6.10 Å². The molecule has 4 aromatic heterocycles. The molecule has 0 aliphatic rings. The first-order valence-corrected chi connectivity index (χ1v) is 11.9. The van der Waals surface area contributed by atoms with Crippen LogP contribution in [0.4, 0.5) is 0 Å². The highest BCUT2D eigenvalue weighted by Gasteiger charge is 2.18. The Hall–Kier alpha value is -3.95. The highest BCUT2D eigenvalue weighted by Crippen LogP contribution is 2.34. The van der Waals surface area contributed by atoms with Crippen LogP contribution in [0, 0.1) is 0 Å². The van der Waals surface area contributed by atoms with Crippen LogP contribution in [0.15, 0.2) is 55.0 Å². The molecule has 4 heterocycles. The first kappa shape index (κ1) is 23.8. The summed E-state index contributed by atoms with van der Waals surface area (Å²) in [7, 11) is 3.41. The topological polar surface area (TPSA) is 110 Å². The van der Waals surface area contributed by atoms with Crippen molar-refractivity contribution in [3.63, 3.8) is 0 Å². The van der Waals surface area contributed by atoms with E-state index in [1.165, 1.54) is 0 Å². The smallest absolute Gasteiger partial charge is 0.159 e. The van der Waals surface area contributed by atoms with E-state index in [2.05, 4.69) is 40.3 Å². The molecule has 1 unspecified atom stereocenters. The van der Waals surface area contributed by atoms with Crippen molar-refractivity contribution in [1.29, 1.82) is 0 Å². The molecular formula is C27H30N6O3. The largest absolute Gasteiger partial charge is 0.497 e. The van der Waals surface area contributed by atoms with Gasteiger partial charge in [0.2, 0.25) is 0 Å². The molecule has 186 valence electrons. The lowest BCUT2D eigenvalue weighted by Crippen LogP contribution is -2.29. The molecule has 9 heteroatoms. The lowest BCUT2D eigenvalue weighted by atomic mass is 10.1. The van der Waals surface area contributed by atoms with Gasteiger partial charge >= 0.3 is 0 Å². The van der Waals surface area contributed by atoms with Crippen LogP contribution < -0.4 is 14.8 Å². The van der Waals surface area contributed by atoms with E-state index in [9.17, 15) is 5.11 Å². The molecular weight excluding hydrogens is 456 g/mol. The number of aliphatic hydroxyl groups is 1. The van der Waals surface area contributed by atoms with Crippen molar-refractivity contribution in [2.75, 3.05) is 27.3 Å². The van der Waals surface area contributed by atoms with Gasteiger partial charge in [-0.1, -0.05) is 13.8 Å². The fourth-order valence-corrected chi connectivity index (χ4v) is 4.23. The van der Waals surface area contributed by atoms with Gasteiger partial charge in [0.15, 0.2) is 5.65 Å². The first-order valence-electron chi connectivity index (χ1n) is 11.9. The van der Waals surface area contributed by atoms with Gasteiger partial charge in [-0.25, -0.2) is 14.5 Å². The van der Waals surface area contributed by atoms with Crippen LogP contribution in [0.1, 0.15) is 25.3 Å². The van der Waals surface area contributed by atoms with E-state index in [-0.39, 0.29) is 12.5 Å². The number of rotatable bonds is 9. The molecule has 0 amide bonds. The number of aromatic nitrogens is 5. The van der Waals surface area contributed by atoms with Crippen LogP contribution in [-0.4, -0.2) is 63.1 Å². The van der Waals surface area contributed by atoms with Gasteiger partial charge in [-0.15, -0.1) is 0 Å². The molecule has 0 saturated heterocycles. The van der Waals surface area contributed by atoms with Crippen LogP contribution in [0.25, 0.3) is 39.2 Å². The highest BCUT2D eigenvalue weighted by atomic mass is 16.5. The third-order valence-corrected chi connectivity index (χ3v) is 6.11. The Labute approximate surface area is 209 Å². The summed E-state index contributed by atoms with van der Waals surface area (Å²) < 4.78 is 13.3. The number of aliphatic hydroxyl groups excluding tert-OH is 1. The third-order valence-electron chi connectivity index (χ3n) is 6.11. The summed E-state index contributed by atoms with van der Waals surface area (Å²) in [5, 5.41) is 18.7. The number of benzene rings is 1. The quantitative estimate of drug-likeness (QED) is 0.289. The Balaban J connectivity index is 1.65. The third kappa shape index (κ3) is 4.62. The van der Waals surface area contributed by atoms with E-state index >= 15 is 0 Å². The Morgan fingerprint density at radius 2 is 1.92 bits per heavy atom. The lowest BCUT2D eigenvalue weighted by molar-refractivity contribution is 0.108. The van der Waals surface area contributed by atoms with Gasteiger partial charge in [0.1, 0.15) is 29.9 Å². The zero-order chi connectivity index (χ0) is 25.2. The maximum atomic E-state index is 10.1. The molecule has 0 radical (unpaired) electrons. The van der Waals surface area contributed by atoms with Crippen LogP contribution in [0.2, 0.25) is 0 Å². The molecule has 36 heavy (non-hydrogen) atoms. The fraction of sp³-hybridized carbons (Fsp3) is 0.296. The number of pyridine rings is 1. The van der Waals surface area contributed by atoms with Gasteiger partial charge in [-0.05, 0) is 43.3 Å². The average molecular weight is 487 g/mol. The minimum absolute atomic E-state index is 0.160. The predicted molar refractivity (Wildman–Crippen MR) is 140 cm³/mol. The Kier molecular flexibility index (Phi) is 6.58. The molecule has 0 saturated carbocycles. The van der Waals surface area contributed by atoms with Crippen LogP contribution >= 0.6 is 0 Å². The van der Waals surface area contributed by atoms with E-state index in [0.717, 1.165) is 44.8 Å². The molecule has 5 rings (SSSR count). The average Bonchev–Trinajstić information content (AvgIpc) is 3.53. The van der Waals surface area contributed by atoms with E-state index in [1.54, 1.807) is 20.2 Å². The van der Waals surface area contributed by atoms with Crippen molar-refractivity contribution < 1.29 is 14.6 Å². The summed E-state index contributed by atoms with van der Waals surface area (Å²) in [6.45, 7) is 4.86. The molecule has 3 N–H and O–H groups in total. The normalized spacial score (nSPS) is 12.5. The van der Waals surface area contributed by atoms with Crippen molar-refractivity contribution in [1.82, 2.24) is 29.9 Å². The molecule has 0 aliphatic heterocycles. The SMILES string of the molecule is CNCC(O)COc1cc(OC)cc(-c2cc(-c3cnc4[nH]ccc4c3)n3ncc(C(C)C)c3n2)c1. The number of H-pyrrole nitrogens is 1. The summed E-state index contributed by atoms with van der Waals surface area (Å²) in [5.41, 5.74) is 6.10. The summed E-state index contributed by atoms with van der Waals surface area (Å²) in [6.07, 6.45) is 4.98. The molecule has 0 spiro atoms. The summed E-state index contributed by atoms with van der Waals surface area (Å²) in [6, 6.07) is 11.7. The molecule has 1 aromatic carbocycles. The van der Waals surface area contributed by atoms with Crippen LogP contribution in [-0.2, 0) is 0 Å². The number of methoxy groups -OCH3 is 1. The zero-order valence-electron chi connectivity index (χ0n) is 20.8. The Morgan fingerprint density at radius 3 is 2.69 bits per heavy atom. The van der Waals surface area contributed by atoms with Gasteiger partial charge in [-0.3, -0.25) is 0 Å². The minimum atomic E-state index is -0.623. The molecule has 0 aliphatic carbocycles. The van der Waals surface area contributed by atoms with Crippen molar-refractivity contribution in [2.45, 2.75) is 25.9 Å². The fourth-order valence-electron chi connectivity index (χ4n) is 4.23. The van der Waals surface area contributed by atoms with Gasteiger partial charge < -0.3 is 24.9 Å². The predicted octanol–water partition coefficient (Wildman–Crippen LogP) is 4.03. The van der Waals surface area contributed by atoms with Crippen molar-refractivity contribution in [3.8, 4) is 34.0 Å². The number of ether oxygens (including phenoxy) is 2. The van der Waals surface area contributed by atoms with E-state index in [4.69, 9.17) is 14.5 Å². The number of hydrogen-bond donors (Lipinski definition) is 3. The molecule has 0 fully saturated rings. The second-order valence-corrected chi connectivity index (χ2v) is 9.08. The standard InChI is InChI=1S/C27H30N6O3/c1-16(2)23-14-31-33-25(19-7-17-5-6-29-26(17)30-12-19)11-24(32-27(23)33)18-8-21(35-4)10-22(9-18)36-15-20(34)13-28-3/h5-12,14,16,20,28,34H,13,15H2,1-4H3,(H,29,30). The first-order chi connectivity index (χ1) is 17.5. The zero-order valence-corrected chi connectivity index (χ0v) is 20.8. The van der Waals surface area contributed by atoms with Crippen molar-refractivity contribution in [2.24, 2.45) is 0 Å². The van der Waals surface area contributed by atoms with Gasteiger partial charge in [0.25, 0.3) is 0 Å². The lowest BCUT2D eigenvalue weighted by Gasteiger charge is -2.15. The number of aromatic amines is 1. The summed E-state index contributed by atoms with van der Waals surface area (Å²) in [4.78, 5) is 12.7. The van der Waals surface area contributed by atoms with Crippen molar-refractivity contribution >= 4 is 16.7 Å². The number of likely N-dealkylation sites (N-methyl/N-ethyl adjacent to an activating group) is 1.